The van der Waals surface area contributed by atoms with Gasteiger partial charge in [0.2, 0.25) is 5.91 Å². The Morgan fingerprint density at radius 1 is 1.00 bits per heavy atom. The molecule has 0 radical (unpaired) electrons. The normalized spacial score (nSPS) is 11.5. The summed E-state index contributed by atoms with van der Waals surface area (Å²) in [5, 5.41) is 2.99. The van der Waals surface area contributed by atoms with Crippen LogP contribution in [0.25, 0.3) is 0 Å². The van der Waals surface area contributed by atoms with E-state index in [1.54, 1.807) is 21.3 Å². The highest BCUT2D eigenvalue weighted by Gasteiger charge is 2.16. The van der Waals surface area contributed by atoms with Gasteiger partial charge in [-0.2, -0.15) is 0 Å². The molecule has 0 aliphatic rings. The van der Waals surface area contributed by atoms with E-state index in [2.05, 4.69) is 5.32 Å². The molecule has 5 heteroatoms. The molecule has 24 heavy (non-hydrogen) atoms. The van der Waals surface area contributed by atoms with Crippen LogP contribution in [0, 0.1) is 0 Å². The van der Waals surface area contributed by atoms with E-state index < -0.39 is 0 Å². The first-order valence-corrected chi connectivity index (χ1v) is 7.72. The zero-order valence-electron chi connectivity index (χ0n) is 14.5. The Bertz CT molecular complexity index is 700. The predicted octanol–water partition coefficient (Wildman–Crippen LogP) is 3.13. The second-order valence-corrected chi connectivity index (χ2v) is 5.39. The third-order valence-electron chi connectivity index (χ3n) is 3.82. The maximum absolute atomic E-state index is 12.4. The molecule has 0 fully saturated rings. The molecule has 0 saturated heterocycles. The van der Waals surface area contributed by atoms with Gasteiger partial charge in [-0.1, -0.05) is 18.2 Å². The molecule has 1 atom stereocenters. The van der Waals surface area contributed by atoms with Gasteiger partial charge in [0.15, 0.2) is 0 Å². The highest BCUT2D eigenvalue weighted by molar-refractivity contribution is 5.79. The van der Waals surface area contributed by atoms with Crippen LogP contribution in [0.5, 0.6) is 17.2 Å². The molecule has 0 aliphatic heterocycles. The van der Waals surface area contributed by atoms with Crippen molar-refractivity contribution < 1.29 is 19.0 Å². The van der Waals surface area contributed by atoms with Crippen LogP contribution in [-0.2, 0) is 11.2 Å². The van der Waals surface area contributed by atoms with E-state index in [0.717, 1.165) is 16.9 Å². The summed E-state index contributed by atoms with van der Waals surface area (Å²) in [5.41, 5.74) is 1.72. The number of benzene rings is 2. The van der Waals surface area contributed by atoms with E-state index in [1.807, 2.05) is 49.4 Å². The Morgan fingerprint density at radius 2 is 1.71 bits per heavy atom. The average molecular weight is 329 g/mol. The van der Waals surface area contributed by atoms with Crippen LogP contribution in [-0.4, -0.2) is 27.2 Å². The van der Waals surface area contributed by atoms with Crippen molar-refractivity contribution in [1.29, 1.82) is 0 Å². The number of amides is 1. The molecule has 0 aliphatic carbocycles. The lowest BCUT2D eigenvalue weighted by Gasteiger charge is -2.18. The molecular formula is C19H23NO4. The summed E-state index contributed by atoms with van der Waals surface area (Å²) in [6.07, 6.45) is 0.251. The minimum atomic E-state index is -0.211. The van der Waals surface area contributed by atoms with E-state index in [1.165, 1.54) is 0 Å². The number of hydrogen-bond acceptors (Lipinski definition) is 4. The van der Waals surface area contributed by atoms with E-state index in [9.17, 15) is 4.79 Å². The minimum Gasteiger partial charge on any atom is -0.497 e. The molecule has 128 valence electrons. The SMILES string of the molecule is COc1ccc(OC)c(C(C)NC(=O)Cc2ccccc2OC)c1. The van der Waals surface area contributed by atoms with Gasteiger partial charge in [0, 0.05) is 11.1 Å². The van der Waals surface area contributed by atoms with Crippen molar-refractivity contribution in [1.82, 2.24) is 5.32 Å². The monoisotopic (exact) mass is 329 g/mol. The average Bonchev–Trinajstić information content (AvgIpc) is 2.61. The number of para-hydroxylation sites is 1. The van der Waals surface area contributed by atoms with E-state index in [-0.39, 0.29) is 18.4 Å². The van der Waals surface area contributed by atoms with Crippen molar-refractivity contribution in [3.05, 3.63) is 53.6 Å². The highest BCUT2D eigenvalue weighted by Crippen LogP contribution is 2.29. The van der Waals surface area contributed by atoms with Crippen molar-refractivity contribution in [3.63, 3.8) is 0 Å². The van der Waals surface area contributed by atoms with Crippen LogP contribution >= 0.6 is 0 Å². The van der Waals surface area contributed by atoms with Crippen molar-refractivity contribution >= 4 is 5.91 Å². The maximum atomic E-state index is 12.4. The number of nitrogens with one attached hydrogen (secondary N) is 1. The van der Waals surface area contributed by atoms with Gasteiger partial charge in [0.25, 0.3) is 0 Å². The lowest BCUT2D eigenvalue weighted by molar-refractivity contribution is -0.121. The zero-order valence-corrected chi connectivity index (χ0v) is 14.5. The van der Waals surface area contributed by atoms with Crippen LogP contribution in [0.3, 0.4) is 0 Å². The summed E-state index contributed by atoms with van der Waals surface area (Å²) in [7, 11) is 4.81. The van der Waals surface area contributed by atoms with Gasteiger partial charge in [0.05, 0.1) is 33.8 Å². The first-order valence-electron chi connectivity index (χ1n) is 7.72. The van der Waals surface area contributed by atoms with Gasteiger partial charge in [-0.25, -0.2) is 0 Å². The second-order valence-electron chi connectivity index (χ2n) is 5.39. The Kier molecular flexibility index (Phi) is 6.07. The summed E-state index contributed by atoms with van der Waals surface area (Å²) in [6, 6.07) is 12.8. The van der Waals surface area contributed by atoms with Crippen LogP contribution < -0.4 is 19.5 Å². The van der Waals surface area contributed by atoms with Crippen LogP contribution in [0.1, 0.15) is 24.1 Å². The van der Waals surface area contributed by atoms with Crippen LogP contribution in [0.2, 0.25) is 0 Å². The summed E-state index contributed by atoms with van der Waals surface area (Å²) in [6.45, 7) is 1.91. The Labute approximate surface area is 142 Å². The topological polar surface area (TPSA) is 56.8 Å². The molecular weight excluding hydrogens is 306 g/mol. The molecule has 0 bridgehead atoms. The van der Waals surface area contributed by atoms with E-state index in [0.29, 0.717) is 11.5 Å². The van der Waals surface area contributed by atoms with Crippen LogP contribution in [0.15, 0.2) is 42.5 Å². The first-order chi connectivity index (χ1) is 11.6. The molecule has 5 nitrogen and oxygen atoms in total. The highest BCUT2D eigenvalue weighted by atomic mass is 16.5. The molecule has 2 rings (SSSR count). The van der Waals surface area contributed by atoms with Gasteiger partial charge in [-0.3, -0.25) is 4.79 Å². The lowest BCUT2D eigenvalue weighted by atomic mass is 10.1. The van der Waals surface area contributed by atoms with Crippen molar-refractivity contribution in [2.75, 3.05) is 21.3 Å². The quantitative estimate of drug-likeness (QED) is 0.848. The van der Waals surface area contributed by atoms with Gasteiger partial charge in [-0.05, 0) is 31.2 Å². The molecule has 1 amide bonds. The third-order valence-corrected chi connectivity index (χ3v) is 3.82. The van der Waals surface area contributed by atoms with Crippen molar-refractivity contribution in [3.8, 4) is 17.2 Å². The number of methoxy groups -OCH3 is 3. The largest absolute Gasteiger partial charge is 0.497 e. The standard InChI is InChI=1S/C19H23NO4/c1-13(16-12-15(22-2)9-10-18(16)24-4)20-19(21)11-14-7-5-6-8-17(14)23-3/h5-10,12-13H,11H2,1-4H3,(H,20,21). The van der Waals surface area contributed by atoms with Gasteiger partial charge in [-0.15, -0.1) is 0 Å². The zero-order chi connectivity index (χ0) is 17.5. The summed E-state index contributed by atoms with van der Waals surface area (Å²) < 4.78 is 15.9. The Morgan fingerprint density at radius 3 is 2.38 bits per heavy atom. The second kappa shape index (κ2) is 8.24. The maximum Gasteiger partial charge on any atom is 0.225 e. The van der Waals surface area contributed by atoms with Crippen LogP contribution in [0.4, 0.5) is 0 Å². The van der Waals surface area contributed by atoms with Gasteiger partial charge >= 0.3 is 0 Å². The fourth-order valence-corrected chi connectivity index (χ4v) is 2.57. The van der Waals surface area contributed by atoms with Crippen molar-refractivity contribution in [2.24, 2.45) is 0 Å². The Hall–Kier alpha value is -2.69. The van der Waals surface area contributed by atoms with E-state index >= 15 is 0 Å². The number of ether oxygens (including phenoxy) is 3. The fourth-order valence-electron chi connectivity index (χ4n) is 2.57. The molecule has 1 N–H and O–H groups in total. The fraction of sp³-hybridized carbons (Fsp3) is 0.316. The summed E-state index contributed by atoms with van der Waals surface area (Å²) >= 11 is 0. The molecule has 0 heterocycles. The molecule has 2 aromatic rings. The lowest BCUT2D eigenvalue weighted by Crippen LogP contribution is -2.28. The number of carbonyl (C=O) groups excluding carboxylic acids is 1. The molecule has 2 aromatic carbocycles. The number of carbonyl (C=O) groups is 1. The number of rotatable bonds is 7. The third kappa shape index (κ3) is 4.19. The smallest absolute Gasteiger partial charge is 0.225 e. The van der Waals surface area contributed by atoms with Gasteiger partial charge < -0.3 is 19.5 Å². The molecule has 1 unspecified atom stereocenters. The molecule has 0 aromatic heterocycles. The molecule has 0 spiro atoms. The minimum absolute atomic E-state index is 0.0862. The summed E-state index contributed by atoms with van der Waals surface area (Å²) in [4.78, 5) is 12.4. The number of hydrogen-bond donors (Lipinski definition) is 1. The predicted molar refractivity (Wildman–Crippen MR) is 92.8 cm³/mol. The Balaban J connectivity index is 2.11. The first kappa shape index (κ1) is 17.7. The molecule has 0 saturated carbocycles. The van der Waals surface area contributed by atoms with Crippen molar-refractivity contribution in [2.45, 2.75) is 19.4 Å². The summed E-state index contributed by atoms with van der Waals surface area (Å²) in [5.74, 6) is 2.05. The van der Waals surface area contributed by atoms with Gasteiger partial charge in [0.1, 0.15) is 17.2 Å². The van der Waals surface area contributed by atoms with E-state index in [4.69, 9.17) is 14.2 Å².